The van der Waals surface area contributed by atoms with Gasteiger partial charge in [-0.3, -0.25) is 0 Å². The van der Waals surface area contributed by atoms with Crippen LogP contribution in [0, 0.1) is 5.82 Å². The van der Waals surface area contributed by atoms with E-state index in [4.69, 9.17) is 0 Å². The summed E-state index contributed by atoms with van der Waals surface area (Å²) in [5, 5.41) is 0. The van der Waals surface area contributed by atoms with E-state index in [9.17, 15) is 12.8 Å². The van der Waals surface area contributed by atoms with Gasteiger partial charge >= 0.3 is 0 Å². The van der Waals surface area contributed by atoms with E-state index in [-0.39, 0.29) is 15.4 Å². The van der Waals surface area contributed by atoms with Crippen LogP contribution in [0.2, 0.25) is 0 Å². The molecule has 0 saturated heterocycles. The molecule has 0 aromatic heterocycles. The molecule has 0 unspecified atom stereocenters. The van der Waals surface area contributed by atoms with Gasteiger partial charge in [0.2, 0.25) is 10.0 Å². The van der Waals surface area contributed by atoms with Gasteiger partial charge in [0.05, 0.1) is 9.37 Å². The first-order valence-electron chi connectivity index (χ1n) is 6.43. The molecule has 6 heteroatoms. The monoisotopic (exact) mass is 349 g/mol. The van der Waals surface area contributed by atoms with E-state index < -0.39 is 15.8 Å². The smallest absolute Gasteiger partial charge is 0.207 e. The van der Waals surface area contributed by atoms with Gasteiger partial charge in [0.25, 0.3) is 0 Å². The summed E-state index contributed by atoms with van der Waals surface area (Å²) in [4.78, 5) is 0.0382. The highest BCUT2D eigenvalue weighted by molar-refractivity contribution is 9.10. The van der Waals surface area contributed by atoms with E-state index in [1.54, 1.807) is 0 Å². The minimum Gasteiger partial charge on any atom is -0.207 e. The number of nitrogens with zero attached hydrogens (tertiary/aromatic N) is 1. The van der Waals surface area contributed by atoms with Crippen LogP contribution in [-0.4, -0.2) is 25.3 Å². The van der Waals surface area contributed by atoms with Gasteiger partial charge in [-0.15, -0.1) is 0 Å². The van der Waals surface area contributed by atoms with Crippen molar-refractivity contribution in [3.05, 3.63) is 28.5 Å². The van der Waals surface area contributed by atoms with Crippen LogP contribution < -0.4 is 0 Å². The van der Waals surface area contributed by atoms with Crippen LogP contribution in [0.15, 0.2) is 27.6 Å². The van der Waals surface area contributed by atoms with E-state index in [0.717, 1.165) is 31.7 Å². The fraction of sp³-hybridized carbons (Fsp3) is 0.538. The van der Waals surface area contributed by atoms with Gasteiger partial charge in [0.1, 0.15) is 5.82 Å². The van der Waals surface area contributed by atoms with Crippen LogP contribution in [-0.2, 0) is 10.0 Å². The number of hydrogen-bond donors (Lipinski definition) is 0. The first kappa shape index (κ1) is 14.9. The summed E-state index contributed by atoms with van der Waals surface area (Å²) in [6.45, 7) is 2.54. The molecule has 0 N–H and O–H groups in total. The summed E-state index contributed by atoms with van der Waals surface area (Å²) < 4.78 is 40.4. The molecule has 1 fully saturated rings. The van der Waals surface area contributed by atoms with E-state index >= 15 is 0 Å². The molecule has 0 heterocycles. The lowest BCUT2D eigenvalue weighted by Gasteiger charge is -2.21. The number of unbranched alkanes of at least 4 members (excludes halogenated alkanes) is 1. The summed E-state index contributed by atoms with van der Waals surface area (Å²) in [6.07, 6.45) is 3.58. The maximum absolute atomic E-state index is 13.5. The van der Waals surface area contributed by atoms with Crippen molar-refractivity contribution in [2.75, 3.05) is 6.54 Å². The van der Waals surface area contributed by atoms with E-state index in [1.807, 2.05) is 6.92 Å². The van der Waals surface area contributed by atoms with Crippen LogP contribution in [0.5, 0.6) is 0 Å². The van der Waals surface area contributed by atoms with Gasteiger partial charge in [-0.25, -0.2) is 12.8 Å². The number of rotatable bonds is 6. The topological polar surface area (TPSA) is 37.4 Å². The third-order valence-corrected chi connectivity index (χ3v) is 5.77. The lowest BCUT2D eigenvalue weighted by molar-refractivity contribution is 0.395. The lowest BCUT2D eigenvalue weighted by atomic mass is 10.3. The molecule has 106 valence electrons. The molecule has 19 heavy (non-hydrogen) atoms. The van der Waals surface area contributed by atoms with Crippen molar-refractivity contribution in [3.63, 3.8) is 0 Å². The molecule has 1 aromatic carbocycles. The Hall–Kier alpha value is -0.460. The molecule has 2 rings (SSSR count). The van der Waals surface area contributed by atoms with Gasteiger partial charge in [0.15, 0.2) is 0 Å². The lowest BCUT2D eigenvalue weighted by Crippen LogP contribution is -2.34. The van der Waals surface area contributed by atoms with Gasteiger partial charge in [0, 0.05) is 12.6 Å². The van der Waals surface area contributed by atoms with Crippen molar-refractivity contribution in [3.8, 4) is 0 Å². The predicted molar refractivity (Wildman–Crippen MR) is 75.9 cm³/mol. The molecule has 1 aromatic rings. The molecule has 0 spiro atoms. The molecule has 0 atom stereocenters. The van der Waals surface area contributed by atoms with Crippen LogP contribution >= 0.6 is 15.9 Å². The largest absolute Gasteiger partial charge is 0.243 e. The zero-order valence-electron chi connectivity index (χ0n) is 10.8. The van der Waals surface area contributed by atoms with Crippen LogP contribution in [0.25, 0.3) is 0 Å². The van der Waals surface area contributed by atoms with E-state index in [1.165, 1.54) is 16.4 Å². The van der Waals surface area contributed by atoms with Crippen LogP contribution in [0.1, 0.15) is 32.6 Å². The average molecular weight is 350 g/mol. The summed E-state index contributed by atoms with van der Waals surface area (Å²) >= 11 is 3.03. The quantitative estimate of drug-likeness (QED) is 0.787. The van der Waals surface area contributed by atoms with Crippen molar-refractivity contribution in [1.29, 1.82) is 0 Å². The summed E-state index contributed by atoms with van der Waals surface area (Å²) in [5.41, 5.74) is 0. The fourth-order valence-electron chi connectivity index (χ4n) is 1.95. The molecule has 1 saturated carbocycles. The standard InChI is InChI=1S/C13H17BrFNO2S/c1-2-3-8-16(10-4-5-10)19(17,18)11-6-7-12(14)13(15)9-11/h6-7,9-10H,2-5,8H2,1H3. The number of sulfonamides is 1. The first-order chi connectivity index (χ1) is 8.96. The molecule has 1 aliphatic rings. The fourth-order valence-corrected chi connectivity index (χ4v) is 3.93. The number of hydrogen-bond acceptors (Lipinski definition) is 2. The van der Waals surface area contributed by atoms with Crippen molar-refractivity contribution in [2.45, 2.75) is 43.5 Å². The third-order valence-electron chi connectivity index (χ3n) is 3.18. The van der Waals surface area contributed by atoms with Crippen molar-refractivity contribution in [2.24, 2.45) is 0 Å². The summed E-state index contributed by atoms with van der Waals surface area (Å²) in [5.74, 6) is -0.549. The molecular weight excluding hydrogens is 333 g/mol. The second-order valence-corrected chi connectivity index (χ2v) is 7.52. The van der Waals surface area contributed by atoms with Gasteiger partial charge < -0.3 is 0 Å². The Morgan fingerprint density at radius 1 is 1.42 bits per heavy atom. The number of benzene rings is 1. The van der Waals surface area contributed by atoms with Crippen molar-refractivity contribution < 1.29 is 12.8 Å². The highest BCUT2D eigenvalue weighted by Gasteiger charge is 2.37. The van der Waals surface area contributed by atoms with Crippen molar-refractivity contribution >= 4 is 26.0 Å². The molecule has 0 bridgehead atoms. The Morgan fingerprint density at radius 2 is 2.11 bits per heavy atom. The summed E-state index contributed by atoms with van der Waals surface area (Å²) in [6, 6.07) is 4.07. The molecule has 0 amide bonds. The Balaban J connectivity index is 2.30. The Labute approximate surface area is 122 Å². The minimum atomic E-state index is -3.58. The minimum absolute atomic E-state index is 0.0382. The second-order valence-electron chi connectivity index (χ2n) is 4.78. The number of halogens is 2. The zero-order valence-corrected chi connectivity index (χ0v) is 13.2. The first-order valence-corrected chi connectivity index (χ1v) is 8.67. The maximum Gasteiger partial charge on any atom is 0.243 e. The van der Waals surface area contributed by atoms with Gasteiger partial charge in [-0.1, -0.05) is 13.3 Å². The second kappa shape index (κ2) is 5.89. The Kier molecular flexibility index (Phi) is 4.63. The molecule has 0 aliphatic heterocycles. The van der Waals surface area contributed by atoms with Crippen molar-refractivity contribution in [1.82, 2.24) is 4.31 Å². The predicted octanol–water partition coefficient (Wildman–Crippen LogP) is 3.54. The van der Waals surface area contributed by atoms with E-state index in [2.05, 4.69) is 15.9 Å². The zero-order chi connectivity index (χ0) is 14.0. The Bertz CT molecular complexity index is 558. The maximum atomic E-state index is 13.5. The average Bonchev–Trinajstić information content (AvgIpc) is 3.17. The molecule has 0 radical (unpaired) electrons. The van der Waals surface area contributed by atoms with E-state index in [0.29, 0.717) is 6.54 Å². The summed E-state index contributed by atoms with van der Waals surface area (Å²) in [7, 11) is -3.58. The van der Waals surface area contributed by atoms with Crippen LogP contribution in [0.3, 0.4) is 0 Å². The SMILES string of the molecule is CCCCN(C1CC1)S(=O)(=O)c1ccc(Br)c(F)c1. The molecular formula is C13H17BrFNO2S. The highest BCUT2D eigenvalue weighted by Crippen LogP contribution is 2.33. The normalized spacial score (nSPS) is 16.0. The van der Waals surface area contributed by atoms with Gasteiger partial charge in [-0.2, -0.15) is 4.31 Å². The molecule has 3 nitrogen and oxygen atoms in total. The molecule has 1 aliphatic carbocycles. The third kappa shape index (κ3) is 3.35. The van der Waals surface area contributed by atoms with Gasteiger partial charge in [-0.05, 0) is 53.4 Å². The Morgan fingerprint density at radius 3 is 2.63 bits per heavy atom. The highest BCUT2D eigenvalue weighted by atomic mass is 79.9. The van der Waals surface area contributed by atoms with Crippen LogP contribution in [0.4, 0.5) is 4.39 Å².